The van der Waals surface area contributed by atoms with Crippen LogP contribution in [0.5, 0.6) is 11.5 Å². The zero-order chi connectivity index (χ0) is 17.7. The summed E-state index contributed by atoms with van der Waals surface area (Å²) in [4.78, 5) is 12.0. The van der Waals surface area contributed by atoms with Gasteiger partial charge in [0.2, 0.25) is 0 Å². The average Bonchev–Trinajstić information content (AvgIpc) is 2.45. The Bertz CT molecular complexity index is 718. The fourth-order valence-corrected chi connectivity index (χ4v) is 1.79. The van der Waals surface area contributed by atoms with Crippen LogP contribution in [-0.2, 0) is 0 Å². The highest BCUT2D eigenvalue weighted by Crippen LogP contribution is 2.25. The van der Waals surface area contributed by atoms with Gasteiger partial charge >= 0.3 is 13.0 Å². The summed E-state index contributed by atoms with van der Waals surface area (Å²) in [6.45, 7) is -3.04. The van der Waals surface area contributed by atoms with Crippen molar-refractivity contribution in [3.8, 4) is 11.5 Å². The van der Waals surface area contributed by atoms with Crippen molar-refractivity contribution < 1.29 is 36.2 Å². The molecule has 24 heavy (non-hydrogen) atoms. The van der Waals surface area contributed by atoms with Gasteiger partial charge in [-0.1, -0.05) is 12.1 Å². The third-order valence-electron chi connectivity index (χ3n) is 2.65. The van der Waals surface area contributed by atoms with Crippen LogP contribution in [0.1, 0.15) is 10.4 Å². The third kappa shape index (κ3) is 5.41. The lowest BCUT2D eigenvalue weighted by Gasteiger charge is -2.11. The number of alkyl halides is 5. The predicted molar refractivity (Wildman–Crippen MR) is 74.2 cm³/mol. The Balaban J connectivity index is 2.11. The Labute approximate surface area is 132 Å². The lowest BCUT2D eigenvalue weighted by atomic mass is 10.2. The number of anilines is 1. The zero-order valence-electron chi connectivity index (χ0n) is 11.8. The smallest absolute Gasteiger partial charge is 0.435 e. The van der Waals surface area contributed by atoms with Crippen LogP contribution in [0.4, 0.5) is 27.6 Å². The Morgan fingerprint density at radius 2 is 1.67 bits per heavy atom. The molecule has 0 bridgehead atoms. The first-order valence-electron chi connectivity index (χ1n) is 6.45. The molecule has 0 aliphatic heterocycles. The molecule has 1 N–H and O–H groups in total. The number of rotatable bonds is 5. The van der Waals surface area contributed by atoms with Gasteiger partial charge in [0.15, 0.2) is 0 Å². The molecule has 0 spiro atoms. The van der Waals surface area contributed by atoms with Gasteiger partial charge in [0, 0.05) is 17.3 Å². The fourth-order valence-electron chi connectivity index (χ4n) is 1.79. The number of carbonyl (C=O) groups excluding carboxylic acids is 1. The summed E-state index contributed by atoms with van der Waals surface area (Å²) in [5.41, 5.74) is 0.0391. The molecule has 0 heterocycles. The highest BCUT2D eigenvalue weighted by Gasteiger charge is 2.31. The first-order valence-corrected chi connectivity index (χ1v) is 6.45. The van der Waals surface area contributed by atoms with Gasteiger partial charge in [0.1, 0.15) is 11.5 Å². The van der Waals surface area contributed by atoms with Crippen molar-refractivity contribution in [1.29, 1.82) is 0 Å². The van der Waals surface area contributed by atoms with Crippen LogP contribution < -0.4 is 14.8 Å². The summed E-state index contributed by atoms with van der Waals surface area (Å²) in [7, 11) is 0. The van der Waals surface area contributed by atoms with Crippen molar-refractivity contribution in [2.45, 2.75) is 13.0 Å². The minimum atomic E-state index is -4.86. The summed E-state index contributed by atoms with van der Waals surface area (Å²) in [6.07, 6.45) is -4.86. The number of halogens is 5. The van der Waals surface area contributed by atoms with Gasteiger partial charge in [-0.05, 0) is 30.3 Å². The van der Waals surface area contributed by atoms with Crippen molar-refractivity contribution in [1.82, 2.24) is 0 Å². The molecule has 0 atom stereocenters. The van der Waals surface area contributed by atoms with Crippen LogP contribution in [0.15, 0.2) is 48.5 Å². The maximum Gasteiger partial charge on any atom is 0.573 e. The number of hydrogen-bond donors (Lipinski definition) is 1. The zero-order valence-corrected chi connectivity index (χ0v) is 11.8. The van der Waals surface area contributed by atoms with Gasteiger partial charge in [-0.25, -0.2) is 0 Å². The monoisotopic (exact) mass is 347 g/mol. The standard InChI is InChI=1S/C15H10F5NO3/c16-14(17)23-11-5-1-3-9(7-11)13(22)21-10-4-2-6-12(8-10)24-15(18,19)20/h1-8,14H,(H,21,22). The van der Waals surface area contributed by atoms with Crippen molar-refractivity contribution in [2.24, 2.45) is 0 Å². The molecule has 0 saturated carbocycles. The minimum absolute atomic E-state index is 0.00436. The van der Waals surface area contributed by atoms with Gasteiger partial charge < -0.3 is 14.8 Å². The largest absolute Gasteiger partial charge is 0.573 e. The van der Waals surface area contributed by atoms with Gasteiger partial charge in [-0.3, -0.25) is 4.79 Å². The molecule has 0 radical (unpaired) electrons. The molecule has 0 aromatic heterocycles. The molecule has 9 heteroatoms. The molecule has 0 saturated heterocycles. The summed E-state index contributed by atoms with van der Waals surface area (Å²) in [5, 5.41) is 2.34. The van der Waals surface area contributed by atoms with Crippen molar-refractivity contribution in [2.75, 3.05) is 5.32 Å². The minimum Gasteiger partial charge on any atom is -0.435 e. The lowest BCUT2D eigenvalue weighted by Crippen LogP contribution is -2.17. The van der Waals surface area contributed by atoms with E-state index in [4.69, 9.17) is 0 Å². The Morgan fingerprint density at radius 3 is 2.33 bits per heavy atom. The van der Waals surface area contributed by atoms with E-state index in [1.165, 1.54) is 30.3 Å². The molecule has 0 aliphatic rings. The van der Waals surface area contributed by atoms with Crippen LogP contribution in [0.3, 0.4) is 0 Å². The van der Waals surface area contributed by atoms with Crippen LogP contribution in [0, 0.1) is 0 Å². The Hall–Kier alpha value is -2.84. The molecule has 4 nitrogen and oxygen atoms in total. The molecule has 2 aromatic carbocycles. The number of carbonyl (C=O) groups is 1. The van der Waals surface area contributed by atoms with Crippen LogP contribution in [0.25, 0.3) is 0 Å². The molecule has 128 valence electrons. The van der Waals surface area contributed by atoms with E-state index in [0.29, 0.717) is 0 Å². The summed E-state index contributed by atoms with van der Waals surface area (Å²) in [6, 6.07) is 9.64. The second-order valence-corrected chi connectivity index (χ2v) is 4.44. The van der Waals surface area contributed by atoms with E-state index in [1.54, 1.807) is 0 Å². The van der Waals surface area contributed by atoms with Crippen LogP contribution in [-0.4, -0.2) is 18.9 Å². The number of ether oxygens (including phenoxy) is 2. The van der Waals surface area contributed by atoms with Crippen molar-refractivity contribution in [3.63, 3.8) is 0 Å². The van der Waals surface area contributed by atoms with Gasteiger partial charge in [0.05, 0.1) is 0 Å². The number of hydrogen-bond acceptors (Lipinski definition) is 3. The number of nitrogens with one attached hydrogen (secondary N) is 1. The second-order valence-electron chi connectivity index (χ2n) is 4.44. The molecular weight excluding hydrogens is 337 g/mol. The molecule has 2 rings (SSSR count). The third-order valence-corrected chi connectivity index (χ3v) is 2.65. The van der Waals surface area contributed by atoms with Crippen LogP contribution >= 0.6 is 0 Å². The van der Waals surface area contributed by atoms with E-state index < -0.39 is 24.6 Å². The quantitative estimate of drug-likeness (QED) is 0.814. The Morgan fingerprint density at radius 1 is 1.00 bits per heavy atom. The van der Waals surface area contributed by atoms with E-state index in [9.17, 15) is 26.7 Å². The summed E-state index contributed by atoms with van der Waals surface area (Å²) < 4.78 is 68.7. The lowest BCUT2D eigenvalue weighted by molar-refractivity contribution is -0.274. The van der Waals surface area contributed by atoms with E-state index in [0.717, 1.165) is 18.2 Å². The molecule has 0 unspecified atom stereocenters. The maximum absolute atomic E-state index is 12.2. The normalized spacial score (nSPS) is 11.2. The van der Waals surface area contributed by atoms with Gasteiger partial charge in [-0.2, -0.15) is 8.78 Å². The van der Waals surface area contributed by atoms with Crippen molar-refractivity contribution >= 4 is 11.6 Å². The highest BCUT2D eigenvalue weighted by atomic mass is 19.4. The second kappa shape index (κ2) is 7.16. The molecule has 1 amide bonds. The van der Waals surface area contributed by atoms with E-state index in [1.807, 2.05) is 0 Å². The fraction of sp³-hybridized carbons (Fsp3) is 0.133. The topological polar surface area (TPSA) is 47.6 Å². The van der Waals surface area contributed by atoms with E-state index in [2.05, 4.69) is 14.8 Å². The molecule has 0 fully saturated rings. The average molecular weight is 347 g/mol. The van der Waals surface area contributed by atoms with E-state index >= 15 is 0 Å². The SMILES string of the molecule is O=C(Nc1cccc(OC(F)(F)F)c1)c1cccc(OC(F)F)c1. The Kier molecular flexibility index (Phi) is 5.22. The molecular formula is C15H10F5NO3. The molecule has 0 aliphatic carbocycles. The van der Waals surface area contributed by atoms with Gasteiger partial charge in [-0.15, -0.1) is 13.2 Å². The van der Waals surface area contributed by atoms with Crippen molar-refractivity contribution in [3.05, 3.63) is 54.1 Å². The maximum atomic E-state index is 12.2. The predicted octanol–water partition coefficient (Wildman–Crippen LogP) is 4.44. The summed E-state index contributed by atoms with van der Waals surface area (Å²) in [5.74, 6) is -1.43. The molecule has 2 aromatic rings. The van der Waals surface area contributed by atoms with E-state index in [-0.39, 0.29) is 17.0 Å². The first kappa shape index (κ1) is 17.5. The number of amides is 1. The first-order chi connectivity index (χ1) is 11.2. The highest BCUT2D eigenvalue weighted by molar-refractivity contribution is 6.04. The summed E-state index contributed by atoms with van der Waals surface area (Å²) >= 11 is 0. The van der Waals surface area contributed by atoms with Crippen LogP contribution in [0.2, 0.25) is 0 Å². The number of benzene rings is 2. The van der Waals surface area contributed by atoms with Gasteiger partial charge in [0.25, 0.3) is 5.91 Å².